The molecule has 0 spiro atoms. The molecule has 7 nitrogen and oxygen atoms in total. The zero-order valence-electron chi connectivity index (χ0n) is 14.6. The highest BCUT2D eigenvalue weighted by Crippen LogP contribution is 2.25. The summed E-state index contributed by atoms with van der Waals surface area (Å²) in [5.74, 6) is -0.145. The molecular weight excluding hydrogens is 340 g/mol. The van der Waals surface area contributed by atoms with Crippen LogP contribution < -0.4 is 5.32 Å². The molecule has 1 amide bonds. The monoisotopic (exact) mass is 362 g/mol. The van der Waals surface area contributed by atoms with Crippen molar-refractivity contribution in [1.29, 1.82) is 0 Å². The second-order valence-electron chi connectivity index (χ2n) is 5.68. The summed E-state index contributed by atoms with van der Waals surface area (Å²) < 4.78 is 2.13. The third kappa shape index (κ3) is 4.82. The molecule has 0 aliphatic rings. The third-order valence-corrected chi connectivity index (χ3v) is 4.84. The van der Waals surface area contributed by atoms with Crippen LogP contribution >= 0.6 is 11.8 Å². The normalized spacial score (nSPS) is 10.7. The Morgan fingerprint density at radius 3 is 2.76 bits per heavy atom. The quantitative estimate of drug-likeness (QED) is 0.436. The molecule has 2 rings (SSSR count). The number of benzene rings is 1. The van der Waals surface area contributed by atoms with Gasteiger partial charge in [0, 0.05) is 18.3 Å². The number of para-hydroxylation sites is 2. The van der Waals surface area contributed by atoms with Gasteiger partial charge in [0.05, 0.1) is 16.4 Å². The van der Waals surface area contributed by atoms with Crippen molar-refractivity contribution < 1.29 is 9.72 Å². The summed E-state index contributed by atoms with van der Waals surface area (Å²) in [6.07, 6.45) is 2.13. The van der Waals surface area contributed by atoms with Crippen LogP contribution in [-0.2, 0) is 11.3 Å². The van der Waals surface area contributed by atoms with E-state index in [9.17, 15) is 14.9 Å². The number of aromatic nitrogens is 2. The topological polar surface area (TPSA) is 90.1 Å². The molecule has 1 heterocycles. The number of nitrogens with zero attached hydrogens (tertiary/aromatic N) is 3. The Labute approximate surface area is 151 Å². The lowest BCUT2D eigenvalue weighted by Gasteiger charge is -2.09. The Hall–Kier alpha value is -2.35. The summed E-state index contributed by atoms with van der Waals surface area (Å²) >= 11 is 1.34. The van der Waals surface area contributed by atoms with Gasteiger partial charge in [0.15, 0.2) is 5.16 Å². The van der Waals surface area contributed by atoms with Gasteiger partial charge in [-0.15, -0.1) is 0 Å². The van der Waals surface area contributed by atoms with Gasteiger partial charge in [-0.25, -0.2) is 4.98 Å². The first-order valence-corrected chi connectivity index (χ1v) is 9.12. The van der Waals surface area contributed by atoms with E-state index in [2.05, 4.69) is 21.8 Å². The molecule has 1 N–H and O–H groups in total. The summed E-state index contributed by atoms with van der Waals surface area (Å²) in [5, 5.41) is 14.4. The van der Waals surface area contributed by atoms with E-state index >= 15 is 0 Å². The highest BCUT2D eigenvalue weighted by molar-refractivity contribution is 7.99. The number of thioether (sulfide) groups is 1. The molecule has 0 bridgehead atoms. The summed E-state index contributed by atoms with van der Waals surface area (Å²) in [6.45, 7) is 6.98. The lowest BCUT2D eigenvalue weighted by Crippen LogP contribution is -2.15. The molecule has 0 aliphatic carbocycles. The van der Waals surface area contributed by atoms with Crippen LogP contribution in [0.5, 0.6) is 0 Å². The number of anilines is 1. The average Bonchev–Trinajstić information content (AvgIpc) is 2.85. The van der Waals surface area contributed by atoms with Crippen LogP contribution in [0.4, 0.5) is 11.4 Å². The van der Waals surface area contributed by atoms with Crippen LogP contribution in [-0.4, -0.2) is 26.1 Å². The molecular formula is C17H22N4O3S. The number of hydrogen-bond acceptors (Lipinski definition) is 5. The maximum absolute atomic E-state index is 12.2. The van der Waals surface area contributed by atoms with Crippen molar-refractivity contribution in [2.45, 2.75) is 45.3 Å². The molecule has 134 valence electrons. The minimum Gasteiger partial charge on any atom is -0.323 e. The number of unbranched alkanes of at least 4 members (excludes halogenated alkanes) is 1. The van der Waals surface area contributed by atoms with Gasteiger partial charge in [0.2, 0.25) is 5.91 Å². The number of nitro groups is 1. The Bertz CT molecular complexity index is 773. The van der Waals surface area contributed by atoms with Crippen LogP contribution in [0.25, 0.3) is 0 Å². The summed E-state index contributed by atoms with van der Waals surface area (Å²) in [5.41, 5.74) is 2.16. The van der Waals surface area contributed by atoms with Crippen LogP contribution in [0.1, 0.15) is 31.2 Å². The van der Waals surface area contributed by atoms with Crippen molar-refractivity contribution in [3.63, 3.8) is 0 Å². The van der Waals surface area contributed by atoms with Gasteiger partial charge in [-0.2, -0.15) is 0 Å². The molecule has 0 fully saturated rings. The van der Waals surface area contributed by atoms with Crippen molar-refractivity contribution in [2.24, 2.45) is 0 Å². The van der Waals surface area contributed by atoms with Crippen LogP contribution in [0.15, 0.2) is 29.4 Å². The Morgan fingerprint density at radius 1 is 1.36 bits per heavy atom. The number of hydrogen-bond donors (Lipinski definition) is 1. The van der Waals surface area contributed by atoms with Crippen LogP contribution in [0, 0.1) is 24.0 Å². The molecule has 0 saturated carbocycles. The fourth-order valence-electron chi connectivity index (χ4n) is 2.37. The van der Waals surface area contributed by atoms with Crippen LogP contribution in [0.3, 0.4) is 0 Å². The van der Waals surface area contributed by atoms with Gasteiger partial charge in [-0.05, 0) is 26.3 Å². The predicted octanol–water partition coefficient (Wildman–Crippen LogP) is 3.94. The number of nitro benzene ring substituents is 1. The maximum Gasteiger partial charge on any atom is 0.292 e. The van der Waals surface area contributed by atoms with E-state index < -0.39 is 4.92 Å². The summed E-state index contributed by atoms with van der Waals surface area (Å²) in [4.78, 5) is 27.2. The van der Waals surface area contributed by atoms with Crippen molar-refractivity contribution >= 4 is 29.0 Å². The lowest BCUT2D eigenvalue weighted by molar-refractivity contribution is -0.383. The Balaban J connectivity index is 2.04. The largest absolute Gasteiger partial charge is 0.323 e. The molecule has 1 aromatic heterocycles. The molecule has 8 heteroatoms. The molecule has 0 aliphatic heterocycles. The van der Waals surface area contributed by atoms with E-state index in [0.717, 1.165) is 35.9 Å². The van der Waals surface area contributed by atoms with E-state index in [1.54, 1.807) is 12.1 Å². The molecule has 0 unspecified atom stereocenters. The Morgan fingerprint density at radius 2 is 2.08 bits per heavy atom. The second-order valence-corrected chi connectivity index (χ2v) is 6.62. The Kier molecular flexibility index (Phi) is 6.58. The van der Waals surface area contributed by atoms with E-state index in [0.29, 0.717) is 0 Å². The fourth-order valence-corrected chi connectivity index (χ4v) is 3.29. The minimum absolute atomic E-state index is 0.114. The highest BCUT2D eigenvalue weighted by Gasteiger charge is 2.16. The van der Waals surface area contributed by atoms with Crippen LogP contribution in [0.2, 0.25) is 0 Å². The standard InChI is InChI=1S/C17H22N4O3S/c1-4-5-10-20-13(3)12(2)18-17(20)25-11-16(22)19-14-8-6-7-9-15(14)21(23)24/h6-9H,4-5,10-11H2,1-3H3,(H,19,22). The lowest BCUT2D eigenvalue weighted by atomic mass is 10.2. The number of rotatable bonds is 8. The zero-order valence-corrected chi connectivity index (χ0v) is 15.4. The number of imidazole rings is 1. The second kappa shape index (κ2) is 8.66. The van der Waals surface area contributed by atoms with Crippen molar-refractivity contribution in [3.05, 3.63) is 45.8 Å². The zero-order chi connectivity index (χ0) is 18.4. The number of carbonyl (C=O) groups is 1. The molecule has 1 aromatic carbocycles. The van der Waals surface area contributed by atoms with E-state index in [1.807, 2.05) is 13.8 Å². The summed E-state index contributed by atoms with van der Waals surface area (Å²) in [6, 6.07) is 6.11. The van der Waals surface area contributed by atoms with Crippen molar-refractivity contribution in [2.75, 3.05) is 11.1 Å². The molecule has 0 saturated heterocycles. The minimum atomic E-state index is -0.507. The van der Waals surface area contributed by atoms with Crippen molar-refractivity contribution in [1.82, 2.24) is 9.55 Å². The van der Waals surface area contributed by atoms with Crippen molar-refractivity contribution in [3.8, 4) is 0 Å². The average molecular weight is 362 g/mol. The van der Waals surface area contributed by atoms with Gasteiger partial charge in [-0.1, -0.05) is 37.2 Å². The van der Waals surface area contributed by atoms with Gasteiger partial charge in [-0.3, -0.25) is 14.9 Å². The van der Waals surface area contributed by atoms with Gasteiger partial charge in [0.1, 0.15) is 5.69 Å². The summed E-state index contributed by atoms with van der Waals surface area (Å²) in [7, 11) is 0. The first-order chi connectivity index (χ1) is 11.9. The highest BCUT2D eigenvalue weighted by atomic mass is 32.2. The number of aryl methyl sites for hydroxylation is 1. The van der Waals surface area contributed by atoms with Gasteiger partial charge < -0.3 is 9.88 Å². The third-order valence-electron chi connectivity index (χ3n) is 3.87. The molecule has 0 radical (unpaired) electrons. The van der Waals surface area contributed by atoms with E-state index in [4.69, 9.17) is 0 Å². The fraction of sp³-hybridized carbons (Fsp3) is 0.412. The maximum atomic E-state index is 12.2. The van der Waals surface area contributed by atoms with E-state index in [-0.39, 0.29) is 23.0 Å². The number of nitrogens with one attached hydrogen (secondary N) is 1. The smallest absolute Gasteiger partial charge is 0.292 e. The molecule has 25 heavy (non-hydrogen) atoms. The SMILES string of the molecule is CCCCn1c(SCC(=O)Nc2ccccc2[N+](=O)[O-])nc(C)c1C. The van der Waals surface area contributed by atoms with Gasteiger partial charge in [0.25, 0.3) is 5.69 Å². The molecule has 0 atom stereocenters. The number of amides is 1. The number of carbonyl (C=O) groups excluding carboxylic acids is 1. The molecule has 2 aromatic rings. The van der Waals surface area contributed by atoms with Gasteiger partial charge >= 0.3 is 0 Å². The first-order valence-electron chi connectivity index (χ1n) is 8.13. The first kappa shape index (κ1) is 19.0. The van der Waals surface area contributed by atoms with E-state index in [1.165, 1.54) is 23.9 Å². The predicted molar refractivity (Wildman–Crippen MR) is 99.1 cm³/mol.